The Morgan fingerprint density at radius 2 is 1.91 bits per heavy atom. The average Bonchev–Trinajstić information content (AvgIpc) is 3.11. The van der Waals surface area contributed by atoms with Crippen molar-refractivity contribution in [2.24, 2.45) is 0 Å². The molecule has 0 saturated carbocycles. The van der Waals surface area contributed by atoms with Gasteiger partial charge >= 0.3 is 0 Å². The standard InChI is InChI=1S/C19H21NO3/c1-22-17-10-7-15(8-11-17)9-12-18(21)20-13-14-23-19(20)16-5-3-2-4-6-16/h2-8,10-11,19H,9,12-14H2,1H3. The minimum Gasteiger partial charge on any atom is -0.497 e. The molecular weight excluding hydrogens is 290 g/mol. The third kappa shape index (κ3) is 3.71. The number of hydrogen-bond acceptors (Lipinski definition) is 3. The SMILES string of the molecule is COc1ccc(CCC(=O)N2CCOC2c2ccccc2)cc1. The zero-order chi connectivity index (χ0) is 16.1. The lowest BCUT2D eigenvalue weighted by Crippen LogP contribution is -2.31. The molecule has 4 nitrogen and oxygen atoms in total. The van der Waals surface area contributed by atoms with E-state index in [-0.39, 0.29) is 12.1 Å². The Hall–Kier alpha value is -2.33. The second-order valence-corrected chi connectivity index (χ2v) is 5.57. The van der Waals surface area contributed by atoms with Crippen LogP contribution in [0.25, 0.3) is 0 Å². The molecule has 0 N–H and O–H groups in total. The van der Waals surface area contributed by atoms with E-state index < -0.39 is 0 Å². The van der Waals surface area contributed by atoms with E-state index in [2.05, 4.69) is 0 Å². The molecule has 1 aliphatic heterocycles. The van der Waals surface area contributed by atoms with Crippen LogP contribution in [0.15, 0.2) is 54.6 Å². The Bertz CT molecular complexity index is 639. The molecule has 2 aromatic carbocycles. The highest BCUT2D eigenvalue weighted by atomic mass is 16.5. The highest BCUT2D eigenvalue weighted by molar-refractivity contribution is 5.77. The zero-order valence-electron chi connectivity index (χ0n) is 13.3. The van der Waals surface area contributed by atoms with E-state index in [4.69, 9.17) is 9.47 Å². The van der Waals surface area contributed by atoms with Crippen molar-refractivity contribution in [3.63, 3.8) is 0 Å². The Balaban J connectivity index is 1.60. The van der Waals surface area contributed by atoms with Crippen molar-refractivity contribution in [3.05, 3.63) is 65.7 Å². The summed E-state index contributed by atoms with van der Waals surface area (Å²) in [6.07, 6.45) is 0.958. The Morgan fingerprint density at radius 3 is 2.61 bits per heavy atom. The summed E-state index contributed by atoms with van der Waals surface area (Å²) in [6, 6.07) is 17.8. The van der Waals surface area contributed by atoms with Gasteiger partial charge in [-0.05, 0) is 24.1 Å². The van der Waals surface area contributed by atoms with Crippen molar-refractivity contribution in [1.29, 1.82) is 0 Å². The van der Waals surface area contributed by atoms with Crippen LogP contribution in [0, 0.1) is 0 Å². The third-order valence-corrected chi connectivity index (χ3v) is 4.08. The molecule has 1 heterocycles. The van der Waals surface area contributed by atoms with E-state index in [0.29, 0.717) is 19.6 Å². The molecule has 0 aromatic heterocycles. The third-order valence-electron chi connectivity index (χ3n) is 4.08. The molecule has 120 valence electrons. The van der Waals surface area contributed by atoms with E-state index >= 15 is 0 Å². The van der Waals surface area contributed by atoms with Crippen LogP contribution in [-0.4, -0.2) is 31.1 Å². The van der Waals surface area contributed by atoms with Gasteiger partial charge in [-0.3, -0.25) is 4.79 Å². The predicted molar refractivity (Wildman–Crippen MR) is 88.2 cm³/mol. The maximum Gasteiger partial charge on any atom is 0.225 e. The average molecular weight is 311 g/mol. The summed E-state index contributed by atoms with van der Waals surface area (Å²) >= 11 is 0. The highest BCUT2D eigenvalue weighted by Crippen LogP contribution is 2.27. The summed E-state index contributed by atoms with van der Waals surface area (Å²) in [7, 11) is 1.65. The van der Waals surface area contributed by atoms with Gasteiger partial charge in [-0.15, -0.1) is 0 Å². The maximum atomic E-state index is 12.5. The summed E-state index contributed by atoms with van der Waals surface area (Å²) in [5.41, 5.74) is 2.17. The van der Waals surface area contributed by atoms with Crippen LogP contribution < -0.4 is 4.74 Å². The maximum absolute atomic E-state index is 12.5. The minimum atomic E-state index is -0.250. The number of hydrogen-bond donors (Lipinski definition) is 0. The number of ether oxygens (including phenoxy) is 2. The van der Waals surface area contributed by atoms with Crippen molar-refractivity contribution in [2.75, 3.05) is 20.3 Å². The number of amides is 1. The van der Waals surface area contributed by atoms with Gasteiger partial charge in [0.25, 0.3) is 0 Å². The molecule has 1 aliphatic rings. The van der Waals surface area contributed by atoms with Crippen LogP contribution in [0.5, 0.6) is 5.75 Å². The second kappa shape index (κ2) is 7.29. The number of carbonyl (C=O) groups is 1. The van der Waals surface area contributed by atoms with Gasteiger partial charge in [0.15, 0.2) is 6.23 Å². The fourth-order valence-electron chi connectivity index (χ4n) is 2.81. The van der Waals surface area contributed by atoms with Gasteiger partial charge in [0.2, 0.25) is 5.91 Å². The first-order valence-corrected chi connectivity index (χ1v) is 7.87. The molecule has 1 unspecified atom stereocenters. The molecule has 2 aromatic rings. The van der Waals surface area contributed by atoms with E-state index in [0.717, 1.165) is 23.3 Å². The topological polar surface area (TPSA) is 38.8 Å². The van der Waals surface area contributed by atoms with Crippen molar-refractivity contribution < 1.29 is 14.3 Å². The first-order chi connectivity index (χ1) is 11.3. The summed E-state index contributed by atoms with van der Waals surface area (Å²) < 4.78 is 10.9. The van der Waals surface area contributed by atoms with Gasteiger partial charge in [-0.25, -0.2) is 0 Å². The van der Waals surface area contributed by atoms with Gasteiger partial charge in [0.05, 0.1) is 13.7 Å². The zero-order valence-corrected chi connectivity index (χ0v) is 13.3. The first-order valence-electron chi connectivity index (χ1n) is 7.87. The number of benzene rings is 2. The van der Waals surface area contributed by atoms with Crippen LogP contribution in [0.1, 0.15) is 23.8 Å². The second-order valence-electron chi connectivity index (χ2n) is 5.57. The van der Waals surface area contributed by atoms with Gasteiger partial charge in [0.1, 0.15) is 5.75 Å². The van der Waals surface area contributed by atoms with Crippen LogP contribution >= 0.6 is 0 Å². The molecule has 1 saturated heterocycles. The number of methoxy groups -OCH3 is 1. The molecule has 23 heavy (non-hydrogen) atoms. The summed E-state index contributed by atoms with van der Waals surface area (Å²) in [6.45, 7) is 1.24. The Morgan fingerprint density at radius 1 is 1.17 bits per heavy atom. The summed E-state index contributed by atoms with van der Waals surface area (Å²) in [5, 5.41) is 0. The predicted octanol–water partition coefficient (Wildman–Crippen LogP) is 3.19. The molecule has 4 heteroatoms. The lowest BCUT2D eigenvalue weighted by atomic mass is 10.1. The number of carbonyl (C=O) groups excluding carboxylic acids is 1. The molecule has 0 aliphatic carbocycles. The molecular formula is C19H21NO3. The van der Waals surface area contributed by atoms with Gasteiger partial charge in [-0.2, -0.15) is 0 Å². The highest BCUT2D eigenvalue weighted by Gasteiger charge is 2.30. The largest absolute Gasteiger partial charge is 0.497 e. The fraction of sp³-hybridized carbons (Fsp3) is 0.316. The van der Waals surface area contributed by atoms with Crippen LogP contribution in [0.2, 0.25) is 0 Å². The molecule has 0 bridgehead atoms. The summed E-state index contributed by atoms with van der Waals surface area (Å²) in [5.74, 6) is 0.962. The number of rotatable bonds is 5. The van der Waals surface area contributed by atoms with Crippen molar-refractivity contribution >= 4 is 5.91 Å². The molecule has 1 amide bonds. The number of aryl methyl sites for hydroxylation is 1. The molecule has 1 atom stereocenters. The van der Waals surface area contributed by atoms with Crippen molar-refractivity contribution in [1.82, 2.24) is 4.90 Å². The van der Waals surface area contributed by atoms with Crippen LogP contribution in [0.4, 0.5) is 0 Å². The lowest BCUT2D eigenvalue weighted by molar-refractivity contribution is -0.136. The van der Waals surface area contributed by atoms with Gasteiger partial charge in [-0.1, -0.05) is 42.5 Å². The summed E-state index contributed by atoms with van der Waals surface area (Å²) in [4.78, 5) is 14.4. The molecule has 0 radical (unpaired) electrons. The number of nitrogens with zero attached hydrogens (tertiary/aromatic N) is 1. The van der Waals surface area contributed by atoms with Crippen molar-refractivity contribution in [3.8, 4) is 5.75 Å². The fourth-order valence-corrected chi connectivity index (χ4v) is 2.81. The van der Waals surface area contributed by atoms with Crippen LogP contribution in [0.3, 0.4) is 0 Å². The molecule has 3 rings (SSSR count). The van der Waals surface area contributed by atoms with E-state index in [1.54, 1.807) is 7.11 Å². The molecule has 0 spiro atoms. The Labute approximate surface area is 136 Å². The minimum absolute atomic E-state index is 0.132. The monoisotopic (exact) mass is 311 g/mol. The normalized spacial score (nSPS) is 17.3. The lowest BCUT2D eigenvalue weighted by Gasteiger charge is -2.23. The van der Waals surface area contributed by atoms with Gasteiger partial charge in [0, 0.05) is 18.5 Å². The quantitative estimate of drug-likeness (QED) is 0.851. The molecule has 1 fully saturated rings. The smallest absolute Gasteiger partial charge is 0.225 e. The van der Waals surface area contributed by atoms with Gasteiger partial charge < -0.3 is 14.4 Å². The van der Waals surface area contributed by atoms with Crippen LogP contribution in [-0.2, 0) is 16.0 Å². The van der Waals surface area contributed by atoms with Crippen molar-refractivity contribution in [2.45, 2.75) is 19.1 Å². The van der Waals surface area contributed by atoms with E-state index in [9.17, 15) is 4.79 Å². The van der Waals surface area contributed by atoms with E-state index in [1.807, 2.05) is 59.5 Å². The van der Waals surface area contributed by atoms with E-state index in [1.165, 1.54) is 0 Å². The Kier molecular flexibility index (Phi) is 4.93. The first kappa shape index (κ1) is 15.6.